The normalized spacial score (nSPS) is 12.1. The molecule has 0 aliphatic heterocycles. The topological polar surface area (TPSA) is 29.1 Å². The minimum atomic E-state index is -4.41. The first kappa shape index (κ1) is 17.1. The molecule has 2 nitrogen and oxygen atoms in total. The summed E-state index contributed by atoms with van der Waals surface area (Å²) in [7, 11) is 0. The zero-order valence-electron chi connectivity index (χ0n) is 13.2. The molecule has 0 heterocycles. The lowest BCUT2D eigenvalue weighted by molar-refractivity contribution is -0.137. The Bertz CT molecular complexity index is 697. The first-order chi connectivity index (χ1) is 10.6. The van der Waals surface area contributed by atoms with E-state index in [0.29, 0.717) is 5.69 Å². The highest BCUT2D eigenvalue weighted by Gasteiger charge is 2.30. The lowest BCUT2D eigenvalue weighted by atomic mass is 9.87. The van der Waals surface area contributed by atoms with Crippen LogP contribution in [0.25, 0.3) is 0 Å². The maximum absolute atomic E-state index is 12.5. The molecule has 0 unspecified atom stereocenters. The van der Waals surface area contributed by atoms with Gasteiger partial charge in [-0.1, -0.05) is 32.9 Å². The van der Waals surface area contributed by atoms with Gasteiger partial charge in [0, 0.05) is 11.3 Å². The highest BCUT2D eigenvalue weighted by atomic mass is 19.4. The van der Waals surface area contributed by atoms with Crippen LogP contribution in [-0.2, 0) is 11.6 Å². The van der Waals surface area contributed by atoms with E-state index >= 15 is 0 Å². The molecule has 1 N–H and O–H groups in total. The zero-order chi connectivity index (χ0) is 17.3. The lowest BCUT2D eigenvalue weighted by Gasteiger charge is -2.19. The van der Waals surface area contributed by atoms with Crippen molar-refractivity contribution in [1.29, 1.82) is 0 Å². The predicted molar refractivity (Wildman–Crippen MR) is 84.5 cm³/mol. The van der Waals surface area contributed by atoms with E-state index in [9.17, 15) is 18.0 Å². The number of nitrogens with one attached hydrogen (secondary N) is 1. The second-order valence-corrected chi connectivity index (χ2v) is 6.36. The molecule has 0 saturated heterocycles. The Labute approximate surface area is 133 Å². The summed E-state index contributed by atoms with van der Waals surface area (Å²) in [6.45, 7) is 6.18. The summed E-state index contributed by atoms with van der Waals surface area (Å²) >= 11 is 0. The molecule has 0 aliphatic rings. The standard InChI is InChI=1S/C18H18F3NO/c1-17(2,3)14-5-4-6-15(11-14)22-16(23)12-7-9-13(10-8-12)18(19,20)21/h4-11H,1-3H3,(H,22,23). The molecule has 0 bridgehead atoms. The van der Waals surface area contributed by atoms with E-state index in [4.69, 9.17) is 0 Å². The predicted octanol–water partition coefficient (Wildman–Crippen LogP) is 5.26. The van der Waals surface area contributed by atoms with Crippen molar-refractivity contribution >= 4 is 11.6 Å². The molecule has 2 aromatic carbocycles. The molecule has 0 atom stereocenters. The monoisotopic (exact) mass is 321 g/mol. The van der Waals surface area contributed by atoms with Gasteiger partial charge in [-0.15, -0.1) is 0 Å². The Hall–Kier alpha value is -2.30. The largest absolute Gasteiger partial charge is 0.416 e. The van der Waals surface area contributed by atoms with Gasteiger partial charge in [0.1, 0.15) is 0 Å². The van der Waals surface area contributed by atoms with Gasteiger partial charge in [-0.05, 0) is 47.4 Å². The van der Waals surface area contributed by atoms with Crippen LogP contribution in [-0.4, -0.2) is 5.91 Å². The van der Waals surface area contributed by atoms with Crippen molar-refractivity contribution in [2.45, 2.75) is 32.4 Å². The fourth-order valence-electron chi connectivity index (χ4n) is 2.08. The average molecular weight is 321 g/mol. The molecule has 23 heavy (non-hydrogen) atoms. The van der Waals surface area contributed by atoms with Crippen LogP contribution >= 0.6 is 0 Å². The molecule has 2 aromatic rings. The van der Waals surface area contributed by atoms with E-state index in [1.807, 2.05) is 18.2 Å². The van der Waals surface area contributed by atoms with E-state index in [0.717, 1.165) is 17.7 Å². The quantitative estimate of drug-likeness (QED) is 0.803. The molecule has 0 aliphatic carbocycles. The summed E-state index contributed by atoms with van der Waals surface area (Å²) in [6, 6.07) is 11.6. The highest BCUT2D eigenvalue weighted by Crippen LogP contribution is 2.29. The molecule has 2 rings (SSSR count). The molecule has 0 aromatic heterocycles. The van der Waals surface area contributed by atoms with E-state index in [1.54, 1.807) is 6.07 Å². The van der Waals surface area contributed by atoms with Crippen molar-refractivity contribution in [3.05, 3.63) is 65.2 Å². The number of alkyl halides is 3. The first-order valence-corrected chi connectivity index (χ1v) is 7.16. The van der Waals surface area contributed by atoms with Crippen LogP contribution in [0.1, 0.15) is 42.3 Å². The van der Waals surface area contributed by atoms with Crippen LogP contribution in [0.15, 0.2) is 48.5 Å². The van der Waals surface area contributed by atoms with Crippen LogP contribution in [0.2, 0.25) is 0 Å². The third-order valence-corrected chi connectivity index (χ3v) is 3.46. The molecular formula is C18H18F3NO. The van der Waals surface area contributed by atoms with Crippen molar-refractivity contribution in [2.75, 3.05) is 5.32 Å². The Morgan fingerprint density at radius 2 is 1.52 bits per heavy atom. The fourth-order valence-corrected chi connectivity index (χ4v) is 2.08. The first-order valence-electron chi connectivity index (χ1n) is 7.16. The molecule has 0 radical (unpaired) electrons. The number of rotatable bonds is 2. The summed E-state index contributed by atoms with van der Waals surface area (Å²) in [4.78, 5) is 12.1. The Kier molecular flexibility index (Phi) is 4.50. The van der Waals surface area contributed by atoms with Crippen LogP contribution in [0.5, 0.6) is 0 Å². The van der Waals surface area contributed by atoms with E-state index in [2.05, 4.69) is 26.1 Å². The maximum atomic E-state index is 12.5. The van der Waals surface area contributed by atoms with Crippen LogP contribution in [0, 0.1) is 0 Å². The minimum absolute atomic E-state index is 0.0604. The molecule has 1 amide bonds. The molecule has 0 fully saturated rings. The Balaban J connectivity index is 2.16. The van der Waals surface area contributed by atoms with Crippen molar-refractivity contribution < 1.29 is 18.0 Å². The third-order valence-electron chi connectivity index (χ3n) is 3.46. The van der Waals surface area contributed by atoms with Gasteiger partial charge in [-0.3, -0.25) is 4.79 Å². The second-order valence-electron chi connectivity index (χ2n) is 6.36. The van der Waals surface area contributed by atoms with E-state index in [1.165, 1.54) is 12.1 Å². The van der Waals surface area contributed by atoms with Gasteiger partial charge < -0.3 is 5.32 Å². The number of carbonyl (C=O) groups excluding carboxylic acids is 1. The van der Waals surface area contributed by atoms with Gasteiger partial charge >= 0.3 is 6.18 Å². The Morgan fingerprint density at radius 1 is 0.913 bits per heavy atom. The van der Waals surface area contributed by atoms with Gasteiger partial charge in [0.05, 0.1) is 5.56 Å². The van der Waals surface area contributed by atoms with Gasteiger partial charge in [0.15, 0.2) is 0 Å². The summed E-state index contributed by atoms with van der Waals surface area (Å²) in [5.74, 6) is -0.440. The van der Waals surface area contributed by atoms with Crippen LogP contribution in [0.3, 0.4) is 0 Å². The van der Waals surface area contributed by atoms with Gasteiger partial charge in [-0.25, -0.2) is 0 Å². The van der Waals surface area contributed by atoms with Gasteiger partial charge in [-0.2, -0.15) is 13.2 Å². The summed E-state index contributed by atoms with van der Waals surface area (Å²) in [5, 5.41) is 2.71. The highest BCUT2D eigenvalue weighted by molar-refractivity contribution is 6.04. The SMILES string of the molecule is CC(C)(C)c1cccc(NC(=O)c2ccc(C(F)(F)F)cc2)c1. The van der Waals surface area contributed by atoms with Crippen molar-refractivity contribution in [2.24, 2.45) is 0 Å². The van der Waals surface area contributed by atoms with E-state index in [-0.39, 0.29) is 11.0 Å². The average Bonchev–Trinajstić information content (AvgIpc) is 2.46. The molecule has 0 spiro atoms. The number of benzene rings is 2. The number of amides is 1. The number of hydrogen-bond donors (Lipinski definition) is 1. The number of hydrogen-bond acceptors (Lipinski definition) is 1. The molecule has 5 heteroatoms. The summed E-state index contributed by atoms with van der Waals surface area (Å²) < 4.78 is 37.6. The summed E-state index contributed by atoms with van der Waals surface area (Å²) in [5.41, 5.74) is 1.02. The Morgan fingerprint density at radius 3 is 2.04 bits per heavy atom. The van der Waals surface area contributed by atoms with E-state index < -0.39 is 17.6 Å². The molecule has 122 valence electrons. The van der Waals surface area contributed by atoms with Crippen molar-refractivity contribution in [1.82, 2.24) is 0 Å². The molecule has 0 saturated carbocycles. The van der Waals surface area contributed by atoms with Crippen molar-refractivity contribution in [3.8, 4) is 0 Å². The zero-order valence-corrected chi connectivity index (χ0v) is 13.2. The molecular weight excluding hydrogens is 303 g/mol. The third kappa shape index (κ3) is 4.34. The fraction of sp³-hybridized carbons (Fsp3) is 0.278. The number of anilines is 1. The number of halogens is 3. The minimum Gasteiger partial charge on any atom is -0.322 e. The van der Waals surface area contributed by atoms with Gasteiger partial charge in [0.25, 0.3) is 5.91 Å². The van der Waals surface area contributed by atoms with Crippen LogP contribution < -0.4 is 5.32 Å². The number of carbonyl (C=O) groups is 1. The second kappa shape index (κ2) is 6.07. The maximum Gasteiger partial charge on any atom is 0.416 e. The summed E-state index contributed by atoms with van der Waals surface area (Å²) in [6.07, 6.45) is -4.41. The van der Waals surface area contributed by atoms with Crippen molar-refractivity contribution in [3.63, 3.8) is 0 Å². The van der Waals surface area contributed by atoms with Gasteiger partial charge in [0.2, 0.25) is 0 Å². The lowest BCUT2D eigenvalue weighted by Crippen LogP contribution is -2.15. The smallest absolute Gasteiger partial charge is 0.322 e. The van der Waals surface area contributed by atoms with Crippen LogP contribution in [0.4, 0.5) is 18.9 Å².